The standard InChI is InChI=1S/C23H20ClN3O3S/c1-2-25(14-16-7-4-3-5-8-16)20(28)15-26-19-11-12-31-21(19)22(29)27(23(26)30)18-10-6-9-17(24)13-18/h3-13H,2,14-15H2,1H3. The molecular weight excluding hydrogens is 434 g/mol. The third kappa shape index (κ3) is 4.19. The lowest BCUT2D eigenvalue weighted by atomic mass is 10.2. The van der Waals surface area contributed by atoms with Gasteiger partial charge in [0.1, 0.15) is 11.2 Å². The maximum absolute atomic E-state index is 13.3. The first-order valence-corrected chi connectivity index (χ1v) is 11.1. The Morgan fingerprint density at radius 1 is 1.06 bits per heavy atom. The van der Waals surface area contributed by atoms with Gasteiger partial charge in [-0.2, -0.15) is 0 Å². The monoisotopic (exact) mass is 453 g/mol. The Balaban J connectivity index is 1.77. The smallest absolute Gasteiger partial charge is 0.336 e. The van der Waals surface area contributed by atoms with E-state index in [0.717, 1.165) is 10.1 Å². The van der Waals surface area contributed by atoms with Gasteiger partial charge < -0.3 is 4.90 Å². The van der Waals surface area contributed by atoms with E-state index in [9.17, 15) is 14.4 Å². The van der Waals surface area contributed by atoms with Crippen LogP contribution in [0.5, 0.6) is 0 Å². The first-order chi connectivity index (χ1) is 15.0. The van der Waals surface area contributed by atoms with Gasteiger partial charge in [-0.3, -0.25) is 14.2 Å². The molecule has 0 aliphatic rings. The lowest BCUT2D eigenvalue weighted by Gasteiger charge is -2.22. The molecule has 0 saturated heterocycles. The van der Waals surface area contributed by atoms with Gasteiger partial charge in [0.15, 0.2) is 0 Å². The van der Waals surface area contributed by atoms with Crippen LogP contribution < -0.4 is 11.2 Å². The molecule has 158 valence electrons. The quantitative estimate of drug-likeness (QED) is 0.444. The molecule has 8 heteroatoms. The second-order valence-electron chi connectivity index (χ2n) is 7.02. The number of carbonyl (C=O) groups is 1. The predicted molar refractivity (Wildman–Crippen MR) is 124 cm³/mol. The number of halogens is 1. The summed E-state index contributed by atoms with van der Waals surface area (Å²) in [4.78, 5) is 41.2. The van der Waals surface area contributed by atoms with E-state index < -0.39 is 11.2 Å². The Morgan fingerprint density at radius 3 is 2.55 bits per heavy atom. The van der Waals surface area contributed by atoms with E-state index in [2.05, 4.69) is 0 Å². The summed E-state index contributed by atoms with van der Waals surface area (Å²) in [7, 11) is 0. The number of amides is 1. The number of thiophene rings is 1. The number of fused-ring (bicyclic) bond motifs is 1. The van der Waals surface area contributed by atoms with Gasteiger partial charge in [0.25, 0.3) is 5.56 Å². The van der Waals surface area contributed by atoms with Crippen molar-refractivity contribution in [3.05, 3.63) is 97.5 Å². The van der Waals surface area contributed by atoms with Crippen molar-refractivity contribution in [2.45, 2.75) is 20.0 Å². The number of hydrogen-bond acceptors (Lipinski definition) is 4. The van der Waals surface area contributed by atoms with Crippen LogP contribution in [0.3, 0.4) is 0 Å². The molecule has 1 amide bonds. The lowest BCUT2D eigenvalue weighted by molar-refractivity contribution is -0.132. The molecule has 0 unspecified atom stereocenters. The molecule has 4 rings (SSSR count). The van der Waals surface area contributed by atoms with Crippen molar-refractivity contribution in [3.63, 3.8) is 0 Å². The average Bonchev–Trinajstić information content (AvgIpc) is 3.26. The highest BCUT2D eigenvalue weighted by Gasteiger charge is 2.20. The molecule has 6 nitrogen and oxygen atoms in total. The minimum Gasteiger partial charge on any atom is -0.337 e. The van der Waals surface area contributed by atoms with Gasteiger partial charge in [-0.15, -0.1) is 11.3 Å². The van der Waals surface area contributed by atoms with E-state index in [1.807, 2.05) is 37.3 Å². The molecule has 31 heavy (non-hydrogen) atoms. The first kappa shape index (κ1) is 21.1. The normalized spacial score (nSPS) is 11.0. The third-order valence-electron chi connectivity index (χ3n) is 5.07. The van der Waals surface area contributed by atoms with Gasteiger partial charge in [-0.1, -0.05) is 48.0 Å². The summed E-state index contributed by atoms with van der Waals surface area (Å²) in [5.41, 5.74) is 0.854. The minimum absolute atomic E-state index is 0.159. The number of aromatic nitrogens is 2. The third-order valence-corrected chi connectivity index (χ3v) is 6.19. The van der Waals surface area contributed by atoms with Crippen molar-refractivity contribution < 1.29 is 4.79 Å². The van der Waals surface area contributed by atoms with Crippen molar-refractivity contribution in [1.29, 1.82) is 0 Å². The number of nitrogens with zero attached hydrogens (tertiary/aromatic N) is 3. The van der Waals surface area contributed by atoms with Gasteiger partial charge in [0.2, 0.25) is 5.91 Å². The van der Waals surface area contributed by atoms with E-state index in [-0.39, 0.29) is 12.5 Å². The van der Waals surface area contributed by atoms with Crippen LogP contribution in [-0.2, 0) is 17.9 Å². The molecule has 0 spiro atoms. The van der Waals surface area contributed by atoms with Crippen molar-refractivity contribution in [1.82, 2.24) is 14.0 Å². The van der Waals surface area contributed by atoms with Gasteiger partial charge in [-0.25, -0.2) is 9.36 Å². The molecule has 0 atom stereocenters. The highest BCUT2D eigenvalue weighted by atomic mass is 35.5. The second kappa shape index (κ2) is 8.91. The summed E-state index contributed by atoms with van der Waals surface area (Å²) >= 11 is 7.32. The fraction of sp³-hybridized carbons (Fsp3) is 0.174. The van der Waals surface area contributed by atoms with Crippen LogP contribution in [0, 0.1) is 0 Å². The number of rotatable bonds is 6. The number of benzene rings is 2. The summed E-state index contributed by atoms with van der Waals surface area (Å²) in [5, 5.41) is 2.16. The van der Waals surface area contributed by atoms with E-state index in [4.69, 9.17) is 11.6 Å². The second-order valence-corrected chi connectivity index (χ2v) is 8.37. The maximum Gasteiger partial charge on any atom is 0.336 e. The van der Waals surface area contributed by atoms with Crippen LogP contribution in [0.4, 0.5) is 0 Å². The van der Waals surface area contributed by atoms with Gasteiger partial charge in [-0.05, 0) is 42.1 Å². The summed E-state index contributed by atoms with van der Waals surface area (Å²) in [6.45, 7) is 2.69. The van der Waals surface area contributed by atoms with Gasteiger partial charge in [0.05, 0.1) is 11.2 Å². The molecular formula is C23H20ClN3O3S. The predicted octanol–water partition coefficient (Wildman–Crippen LogP) is 3.92. The van der Waals surface area contributed by atoms with Crippen molar-refractivity contribution >= 4 is 39.1 Å². The topological polar surface area (TPSA) is 64.3 Å². The Hall–Kier alpha value is -3.16. The molecule has 0 fully saturated rings. The Bertz CT molecular complexity index is 1360. The Morgan fingerprint density at radius 2 is 1.84 bits per heavy atom. The summed E-state index contributed by atoms with van der Waals surface area (Å²) < 4.78 is 2.86. The number of hydrogen-bond donors (Lipinski definition) is 0. The van der Waals surface area contributed by atoms with Crippen LogP contribution in [0.15, 0.2) is 75.6 Å². The zero-order valence-corrected chi connectivity index (χ0v) is 18.4. The van der Waals surface area contributed by atoms with E-state index in [0.29, 0.717) is 34.0 Å². The molecule has 2 heterocycles. The molecule has 2 aromatic carbocycles. The summed E-state index contributed by atoms with van der Waals surface area (Å²) in [5.74, 6) is -0.197. The molecule has 4 aromatic rings. The SMILES string of the molecule is CCN(Cc1ccccc1)C(=O)Cn1c(=O)n(-c2cccc(Cl)c2)c(=O)c2sccc21. The molecule has 0 saturated carbocycles. The van der Waals surface area contributed by atoms with E-state index in [1.165, 1.54) is 15.9 Å². The fourth-order valence-electron chi connectivity index (χ4n) is 3.50. The van der Waals surface area contributed by atoms with E-state index >= 15 is 0 Å². The average molecular weight is 454 g/mol. The lowest BCUT2D eigenvalue weighted by Crippen LogP contribution is -2.42. The highest BCUT2D eigenvalue weighted by Crippen LogP contribution is 2.18. The molecule has 0 bridgehead atoms. The van der Waals surface area contributed by atoms with Crippen LogP contribution in [0.1, 0.15) is 12.5 Å². The minimum atomic E-state index is -0.567. The van der Waals surface area contributed by atoms with Crippen LogP contribution in [-0.4, -0.2) is 26.5 Å². The first-order valence-electron chi connectivity index (χ1n) is 9.80. The summed E-state index contributed by atoms with van der Waals surface area (Å²) in [6, 6.07) is 17.9. The van der Waals surface area contributed by atoms with Crippen molar-refractivity contribution in [2.24, 2.45) is 0 Å². The molecule has 0 aliphatic carbocycles. The van der Waals surface area contributed by atoms with Crippen molar-refractivity contribution in [2.75, 3.05) is 6.54 Å². The van der Waals surface area contributed by atoms with Crippen LogP contribution in [0.2, 0.25) is 5.02 Å². The Kier molecular flexibility index (Phi) is 6.06. The molecule has 2 aromatic heterocycles. The van der Waals surface area contributed by atoms with Gasteiger partial charge in [0, 0.05) is 18.1 Å². The van der Waals surface area contributed by atoms with Gasteiger partial charge >= 0.3 is 5.69 Å². The highest BCUT2D eigenvalue weighted by molar-refractivity contribution is 7.17. The number of likely N-dealkylation sites (N-methyl/N-ethyl adjacent to an activating group) is 1. The zero-order valence-electron chi connectivity index (χ0n) is 16.8. The molecule has 0 radical (unpaired) electrons. The summed E-state index contributed by atoms with van der Waals surface area (Å²) in [6.07, 6.45) is 0. The zero-order chi connectivity index (χ0) is 22.0. The van der Waals surface area contributed by atoms with Crippen LogP contribution >= 0.6 is 22.9 Å². The maximum atomic E-state index is 13.3. The molecule has 0 aliphatic heterocycles. The molecule has 0 N–H and O–H groups in total. The largest absolute Gasteiger partial charge is 0.337 e. The van der Waals surface area contributed by atoms with Crippen LogP contribution in [0.25, 0.3) is 15.9 Å². The fourth-order valence-corrected chi connectivity index (χ4v) is 4.51. The number of carbonyl (C=O) groups excluding carboxylic acids is 1. The Labute approximate surface area is 187 Å². The van der Waals surface area contributed by atoms with Crippen molar-refractivity contribution in [3.8, 4) is 5.69 Å². The van der Waals surface area contributed by atoms with E-state index in [1.54, 1.807) is 40.6 Å².